The minimum absolute atomic E-state index is 0.0952. The van der Waals surface area contributed by atoms with Crippen LogP contribution in [-0.4, -0.2) is 11.1 Å². The first-order valence-electron chi connectivity index (χ1n) is 13.6. The number of carboxylic acids is 1. The van der Waals surface area contributed by atoms with Crippen LogP contribution in [0.5, 0.6) is 0 Å². The maximum absolute atomic E-state index is 11.8. The standard InChI is InChI=1S/C37H28O2S3/c38-36(39)26-6-14-30(15-7-26)37(29-4-2-1-3-5-29,31-16-8-27(22-31)24-9-17-32(40)18-10-24)34-23-28(13-21-35(34)42)25-11-19-33(41)20-12-25/h1-23,31,40-42H,(H,38,39). The Morgan fingerprint density at radius 2 is 1.21 bits per heavy atom. The number of hydrogen-bond donors (Lipinski definition) is 4. The van der Waals surface area contributed by atoms with Gasteiger partial charge in [-0.05, 0) is 87.5 Å². The number of aromatic carboxylic acids is 1. The van der Waals surface area contributed by atoms with Gasteiger partial charge in [-0.25, -0.2) is 4.79 Å². The topological polar surface area (TPSA) is 37.3 Å². The molecule has 0 aromatic heterocycles. The molecule has 0 bridgehead atoms. The van der Waals surface area contributed by atoms with E-state index in [0.29, 0.717) is 0 Å². The first-order valence-corrected chi connectivity index (χ1v) is 14.9. The average Bonchev–Trinajstić information content (AvgIpc) is 3.50. The molecular weight excluding hydrogens is 573 g/mol. The smallest absolute Gasteiger partial charge is 0.335 e. The molecule has 0 aliphatic heterocycles. The van der Waals surface area contributed by atoms with E-state index < -0.39 is 11.4 Å². The van der Waals surface area contributed by atoms with Crippen molar-refractivity contribution in [3.63, 3.8) is 0 Å². The lowest BCUT2D eigenvalue weighted by Crippen LogP contribution is -2.36. The molecule has 2 unspecified atom stereocenters. The molecule has 5 aromatic rings. The molecule has 2 nitrogen and oxygen atoms in total. The predicted octanol–water partition coefficient (Wildman–Crippen LogP) is 9.52. The van der Waals surface area contributed by atoms with Gasteiger partial charge in [0.05, 0.1) is 11.0 Å². The zero-order valence-corrected chi connectivity index (χ0v) is 25.2. The lowest BCUT2D eigenvalue weighted by molar-refractivity contribution is 0.0697. The minimum atomic E-state index is -0.952. The number of allylic oxidation sites excluding steroid dienone is 4. The Morgan fingerprint density at radius 3 is 1.83 bits per heavy atom. The number of carbonyl (C=O) groups is 1. The Hall–Kier alpha value is -3.90. The van der Waals surface area contributed by atoms with E-state index in [0.717, 1.165) is 53.6 Å². The first kappa shape index (κ1) is 28.2. The van der Waals surface area contributed by atoms with Crippen LogP contribution in [0.2, 0.25) is 0 Å². The molecule has 42 heavy (non-hydrogen) atoms. The van der Waals surface area contributed by atoms with Gasteiger partial charge in [0.25, 0.3) is 0 Å². The van der Waals surface area contributed by atoms with Crippen LogP contribution in [0.1, 0.15) is 32.6 Å². The molecule has 5 heteroatoms. The summed E-state index contributed by atoms with van der Waals surface area (Å²) in [6.07, 6.45) is 6.73. The van der Waals surface area contributed by atoms with Crippen molar-refractivity contribution in [2.75, 3.05) is 0 Å². The highest BCUT2D eigenvalue weighted by atomic mass is 32.1. The van der Waals surface area contributed by atoms with Crippen LogP contribution in [0, 0.1) is 5.92 Å². The number of benzene rings is 5. The largest absolute Gasteiger partial charge is 0.478 e. The van der Waals surface area contributed by atoms with Gasteiger partial charge < -0.3 is 5.11 Å². The number of hydrogen-bond acceptors (Lipinski definition) is 4. The number of thiol groups is 3. The van der Waals surface area contributed by atoms with E-state index in [1.165, 1.54) is 0 Å². The highest BCUT2D eigenvalue weighted by Crippen LogP contribution is 2.51. The molecule has 6 rings (SSSR count). The van der Waals surface area contributed by atoms with Crippen LogP contribution < -0.4 is 0 Å². The van der Waals surface area contributed by atoms with E-state index in [9.17, 15) is 9.90 Å². The number of carboxylic acid groups (broad SMARTS) is 1. The quantitative estimate of drug-likeness (QED) is 0.111. The van der Waals surface area contributed by atoms with Gasteiger partial charge in [0, 0.05) is 20.6 Å². The second-order valence-corrected chi connectivity index (χ2v) is 11.9. The summed E-state index contributed by atoms with van der Waals surface area (Å²) in [5.74, 6) is -1.05. The van der Waals surface area contributed by atoms with E-state index in [1.54, 1.807) is 12.1 Å². The Bertz CT molecular complexity index is 1810. The van der Waals surface area contributed by atoms with E-state index in [4.69, 9.17) is 12.6 Å². The van der Waals surface area contributed by atoms with Crippen molar-refractivity contribution in [2.24, 2.45) is 5.92 Å². The lowest BCUT2D eigenvalue weighted by Gasteiger charge is -2.41. The molecule has 1 N–H and O–H groups in total. The molecule has 0 radical (unpaired) electrons. The SMILES string of the molecule is O=C(O)c1ccc(C(c2ccccc2)(c2cc(-c3ccc(S)cc3)ccc2S)C2C=CC(c3ccc(S)cc3)=C2)cc1. The van der Waals surface area contributed by atoms with E-state index in [-0.39, 0.29) is 11.5 Å². The van der Waals surface area contributed by atoms with Gasteiger partial charge in [0.1, 0.15) is 0 Å². The maximum atomic E-state index is 11.8. The van der Waals surface area contributed by atoms with Gasteiger partial charge in [-0.2, -0.15) is 0 Å². The van der Waals surface area contributed by atoms with Crippen molar-refractivity contribution < 1.29 is 9.90 Å². The fourth-order valence-electron chi connectivity index (χ4n) is 5.93. The summed E-state index contributed by atoms with van der Waals surface area (Å²) in [6.45, 7) is 0. The Balaban J connectivity index is 1.64. The Kier molecular flexibility index (Phi) is 7.91. The fourth-order valence-corrected chi connectivity index (χ4v) is 6.55. The maximum Gasteiger partial charge on any atom is 0.335 e. The summed E-state index contributed by atoms with van der Waals surface area (Å²) in [7, 11) is 0. The molecular formula is C37H28O2S3. The van der Waals surface area contributed by atoms with Crippen molar-refractivity contribution in [1.29, 1.82) is 0 Å². The Labute approximate surface area is 262 Å². The molecule has 0 saturated heterocycles. The third-order valence-electron chi connectivity index (χ3n) is 7.98. The third-order valence-corrected chi connectivity index (χ3v) is 8.97. The highest BCUT2D eigenvalue weighted by Gasteiger charge is 2.44. The summed E-state index contributed by atoms with van der Waals surface area (Å²) in [6, 6.07) is 40.4. The molecule has 1 aliphatic rings. The van der Waals surface area contributed by atoms with E-state index >= 15 is 0 Å². The molecule has 0 saturated carbocycles. The zero-order chi connectivity index (χ0) is 29.3. The molecule has 0 fully saturated rings. The van der Waals surface area contributed by atoms with Crippen LogP contribution in [-0.2, 0) is 5.41 Å². The van der Waals surface area contributed by atoms with Gasteiger partial charge in [-0.15, -0.1) is 37.9 Å². The second kappa shape index (κ2) is 11.8. The average molecular weight is 601 g/mol. The van der Waals surface area contributed by atoms with Crippen molar-refractivity contribution in [3.8, 4) is 11.1 Å². The van der Waals surface area contributed by atoms with Crippen molar-refractivity contribution >= 4 is 49.4 Å². The highest BCUT2D eigenvalue weighted by molar-refractivity contribution is 7.80. The van der Waals surface area contributed by atoms with Crippen LogP contribution >= 0.6 is 37.9 Å². The monoisotopic (exact) mass is 600 g/mol. The zero-order valence-electron chi connectivity index (χ0n) is 22.6. The molecule has 1 aliphatic carbocycles. The van der Waals surface area contributed by atoms with Crippen molar-refractivity contribution in [3.05, 3.63) is 167 Å². The minimum Gasteiger partial charge on any atom is -0.478 e. The molecule has 206 valence electrons. The summed E-state index contributed by atoms with van der Waals surface area (Å²) < 4.78 is 0. The fraction of sp³-hybridized carbons (Fsp3) is 0.0541. The first-order chi connectivity index (χ1) is 20.4. The van der Waals surface area contributed by atoms with Crippen molar-refractivity contribution in [1.82, 2.24) is 0 Å². The lowest BCUT2D eigenvalue weighted by atomic mass is 9.61. The van der Waals surface area contributed by atoms with Gasteiger partial charge in [-0.1, -0.05) is 91.0 Å². The van der Waals surface area contributed by atoms with Crippen LogP contribution in [0.4, 0.5) is 0 Å². The van der Waals surface area contributed by atoms with Crippen molar-refractivity contribution in [2.45, 2.75) is 20.1 Å². The Morgan fingerprint density at radius 1 is 0.643 bits per heavy atom. The van der Waals surface area contributed by atoms with Crippen LogP contribution in [0.3, 0.4) is 0 Å². The van der Waals surface area contributed by atoms with Gasteiger partial charge >= 0.3 is 5.97 Å². The van der Waals surface area contributed by atoms with E-state index in [1.807, 2.05) is 42.5 Å². The normalized spacial score (nSPS) is 15.7. The summed E-state index contributed by atoms with van der Waals surface area (Å²) in [5, 5.41) is 9.69. The predicted molar refractivity (Wildman–Crippen MR) is 180 cm³/mol. The van der Waals surface area contributed by atoms with Gasteiger partial charge in [0.15, 0.2) is 0 Å². The van der Waals surface area contributed by atoms with Crippen LogP contribution in [0.25, 0.3) is 16.7 Å². The summed E-state index contributed by atoms with van der Waals surface area (Å²) in [4.78, 5) is 14.5. The molecule has 5 aromatic carbocycles. The third kappa shape index (κ3) is 5.24. The molecule has 2 atom stereocenters. The molecule has 0 amide bonds. The van der Waals surface area contributed by atoms with E-state index in [2.05, 4.69) is 110 Å². The summed E-state index contributed by atoms with van der Waals surface area (Å²) >= 11 is 14.0. The number of rotatable bonds is 7. The molecule has 0 heterocycles. The van der Waals surface area contributed by atoms with Crippen LogP contribution in [0.15, 0.2) is 154 Å². The second-order valence-electron chi connectivity index (χ2n) is 10.4. The van der Waals surface area contributed by atoms with Gasteiger partial charge in [-0.3, -0.25) is 0 Å². The van der Waals surface area contributed by atoms with Gasteiger partial charge in [0.2, 0.25) is 0 Å². The summed E-state index contributed by atoms with van der Waals surface area (Å²) in [5.41, 5.74) is 7.02. The molecule has 0 spiro atoms.